The van der Waals surface area contributed by atoms with E-state index in [0.29, 0.717) is 19.5 Å². The average molecular weight is 294 g/mol. The molecule has 7 nitrogen and oxygen atoms in total. The summed E-state index contributed by atoms with van der Waals surface area (Å²) < 4.78 is 1.89. The number of carbonyl (C=O) groups is 2. The van der Waals surface area contributed by atoms with E-state index in [2.05, 4.69) is 10.3 Å². The monoisotopic (exact) mass is 294 g/mol. The molecule has 21 heavy (non-hydrogen) atoms. The highest BCUT2D eigenvalue weighted by molar-refractivity contribution is 5.76. The summed E-state index contributed by atoms with van der Waals surface area (Å²) in [6.45, 7) is 5.42. The second-order valence-corrected chi connectivity index (χ2v) is 5.89. The lowest BCUT2D eigenvalue weighted by molar-refractivity contribution is -0.143. The summed E-state index contributed by atoms with van der Waals surface area (Å²) in [5.41, 5.74) is 0. The van der Waals surface area contributed by atoms with Crippen molar-refractivity contribution in [2.45, 2.75) is 32.9 Å². The molecule has 3 unspecified atom stereocenters. The first-order valence-corrected chi connectivity index (χ1v) is 7.19. The van der Waals surface area contributed by atoms with E-state index in [1.807, 2.05) is 24.6 Å². The molecule has 0 bridgehead atoms. The van der Waals surface area contributed by atoms with E-state index in [4.69, 9.17) is 5.11 Å². The van der Waals surface area contributed by atoms with Gasteiger partial charge in [0.1, 0.15) is 0 Å². The third kappa shape index (κ3) is 4.21. The lowest BCUT2D eigenvalue weighted by Crippen LogP contribution is -2.51. The highest BCUT2D eigenvalue weighted by atomic mass is 16.4. The minimum atomic E-state index is -0.828. The Hall–Kier alpha value is -2.05. The summed E-state index contributed by atoms with van der Waals surface area (Å²) in [4.78, 5) is 28.9. The molecule has 7 heteroatoms. The van der Waals surface area contributed by atoms with E-state index in [9.17, 15) is 9.59 Å². The van der Waals surface area contributed by atoms with Gasteiger partial charge in [-0.2, -0.15) is 0 Å². The largest absolute Gasteiger partial charge is 0.481 e. The molecule has 2 rings (SSSR count). The molecule has 0 radical (unpaired) electrons. The molecule has 1 aliphatic heterocycles. The van der Waals surface area contributed by atoms with Gasteiger partial charge < -0.3 is 19.9 Å². The van der Waals surface area contributed by atoms with Gasteiger partial charge in [-0.1, -0.05) is 6.92 Å². The number of carboxylic acid groups (broad SMARTS) is 1. The summed E-state index contributed by atoms with van der Waals surface area (Å²) in [6.07, 6.45) is 5.86. The number of carbonyl (C=O) groups excluding carboxylic acids is 1. The van der Waals surface area contributed by atoms with Crippen molar-refractivity contribution in [3.8, 4) is 0 Å². The van der Waals surface area contributed by atoms with Crippen LogP contribution in [0.2, 0.25) is 0 Å². The van der Waals surface area contributed by atoms with Gasteiger partial charge in [-0.15, -0.1) is 0 Å². The van der Waals surface area contributed by atoms with Crippen LogP contribution < -0.4 is 5.32 Å². The van der Waals surface area contributed by atoms with Crippen molar-refractivity contribution in [1.82, 2.24) is 19.8 Å². The van der Waals surface area contributed by atoms with E-state index in [1.165, 1.54) is 0 Å². The van der Waals surface area contributed by atoms with Crippen molar-refractivity contribution >= 4 is 12.0 Å². The molecule has 2 amide bonds. The number of amides is 2. The number of piperidine rings is 1. The average Bonchev–Trinajstić information content (AvgIpc) is 2.90. The predicted octanol–water partition coefficient (Wildman–Crippen LogP) is 1.02. The zero-order valence-electron chi connectivity index (χ0n) is 12.4. The molecule has 1 aromatic heterocycles. The van der Waals surface area contributed by atoms with Gasteiger partial charge in [0.25, 0.3) is 0 Å². The first kappa shape index (κ1) is 15.3. The molecule has 0 spiro atoms. The first-order chi connectivity index (χ1) is 9.95. The van der Waals surface area contributed by atoms with Crippen LogP contribution in [0.4, 0.5) is 4.79 Å². The molecule has 0 aromatic carbocycles. The highest BCUT2D eigenvalue weighted by Gasteiger charge is 2.32. The maximum atomic E-state index is 12.2. The third-order valence-electron chi connectivity index (χ3n) is 3.71. The molecule has 1 fully saturated rings. The van der Waals surface area contributed by atoms with E-state index >= 15 is 0 Å². The standard InChI is InChI=1S/C14H22N4O3/c1-10-5-12(13(19)20)8-18(6-10)14(21)16-11(2)7-17-4-3-15-9-17/h3-4,9-12H,5-8H2,1-2H3,(H,16,21)(H,19,20). The van der Waals surface area contributed by atoms with Crippen LogP contribution in [0.15, 0.2) is 18.7 Å². The second-order valence-electron chi connectivity index (χ2n) is 5.89. The lowest BCUT2D eigenvalue weighted by atomic mass is 9.91. The molecule has 0 aliphatic carbocycles. The molecule has 116 valence electrons. The second kappa shape index (κ2) is 6.60. The van der Waals surface area contributed by atoms with Gasteiger partial charge in [-0.25, -0.2) is 9.78 Å². The van der Waals surface area contributed by atoms with Gasteiger partial charge >= 0.3 is 12.0 Å². The molecule has 1 aromatic rings. The Labute approximate surface area is 124 Å². The number of urea groups is 1. The zero-order chi connectivity index (χ0) is 15.4. The van der Waals surface area contributed by atoms with Gasteiger partial charge in [0.15, 0.2) is 0 Å². The fourth-order valence-electron chi connectivity index (χ4n) is 2.75. The van der Waals surface area contributed by atoms with Crippen LogP contribution in [-0.2, 0) is 11.3 Å². The van der Waals surface area contributed by atoms with Crippen molar-refractivity contribution in [1.29, 1.82) is 0 Å². The van der Waals surface area contributed by atoms with Gasteiger partial charge in [0.2, 0.25) is 0 Å². The number of imidazole rings is 1. The fraction of sp³-hybridized carbons (Fsp3) is 0.643. The van der Waals surface area contributed by atoms with Crippen molar-refractivity contribution in [3.05, 3.63) is 18.7 Å². The SMILES string of the molecule is CC1CC(C(=O)O)CN(C(=O)NC(C)Cn2ccnc2)C1. The van der Waals surface area contributed by atoms with Gasteiger partial charge in [0, 0.05) is 38.1 Å². The summed E-state index contributed by atoms with van der Waals surface area (Å²) in [7, 11) is 0. The van der Waals surface area contributed by atoms with Gasteiger partial charge in [-0.3, -0.25) is 4.79 Å². The van der Waals surface area contributed by atoms with Crippen molar-refractivity contribution in [3.63, 3.8) is 0 Å². The molecular weight excluding hydrogens is 272 g/mol. The van der Waals surface area contributed by atoms with Crippen molar-refractivity contribution in [2.75, 3.05) is 13.1 Å². The number of nitrogens with one attached hydrogen (secondary N) is 1. The number of carboxylic acids is 1. The van der Waals surface area contributed by atoms with Gasteiger partial charge in [0.05, 0.1) is 12.2 Å². The molecular formula is C14H22N4O3. The number of aliphatic carboxylic acids is 1. The third-order valence-corrected chi connectivity index (χ3v) is 3.71. The smallest absolute Gasteiger partial charge is 0.317 e. The normalized spacial score (nSPS) is 23.6. The minimum absolute atomic E-state index is 0.0489. The summed E-state index contributed by atoms with van der Waals surface area (Å²) in [5.74, 6) is -1.09. The first-order valence-electron chi connectivity index (χ1n) is 7.19. The van der Waals surface area contributed by atoms with E-state index in [0.717, 1.165) is 0 Å². The zero-order valence-corrected chi connectivity index (χ0v) is 12.4. The van der Waals surface area contributed by atoms with Crippen LogP contribution in [0.5, 0.6) is 0 Å². The van der Waals surface area contributed by atoms with E-state index in [1.54, 1.807) is 17.4 Å². The van der Waals surface area contributed by atoms with E-state index in [-0.39, 0.29) is 24.5 Å². The molecule has 1 aliphatic rings. The number of likely N-dealkylation sites (tertiary alicyclic amines) is 1. The number of aromatic nitrogens is 2. The topological polar surface area (TPSA) is 87.5 Å². The highest BCUT2D eigenvalue weighted by Crippen LogP contribution is 2.21. The van der Waals surface area contributed by atoms with Crippen LogP contribution in [0, 0.1) is 11.8 Å². The lowest BCUT2D eigenvalue weighted by Gasteiger charge is -2.35. The van der Waals surface area contributed by atoms with E-state index < -0.39 is 11.9 Å². The van der Waals surface area contributed by atoms with Crippen LogP contribution in [0.25, 0.3) is 0 Å². The molecule has 3 atom stereocenters. The van der Waals surface area contributed by atoms with Crippen LogP contribution in [-0.4, -0.2) is 50.7 Å². The minimum Gasteiger partial charge on any atom is -0.481 e. The van der Waals surface area contributed by atoms with Crippen LogP contribution in [0.1, 0.15) is 20.3 Å². The Morgan fingerprint density at radius 3 is 2.86 bits per heavy atom. The van der Waals surface area contributed by atoms with Crippen LogP contribution >= 0.6 is 0 Å². The maximum absolute atomic E-state index is 12.2. The number of hydrogen-bond donors (Lipinski definition) is 2. The number of nitrogens with zero attached hydrogens (tertiary/aromatic N) is 3. The Balaban J connectivity index is 1.88. The van der Waals surface area contributed by atoms with Crippen molar-refractivity contribution in [2.24, 2.45) is 11.8 Å². The Morgan fingerprint density at radius 1 is 1.48 bits per heavy atom. The Bertz CT molecular complexity index is 488. The number of hydrogen-bond acceptors (Lipinski definition) is 3. The van der Waals surface area contributed by atoms with Gasteiger partial charge in [-0.05, 0) is 19.3 Å². The molecule has 2 heterocycles. The molecule has 0 saturated carbocycles. The van der Waals surface area contributed by atoms with Crippen molar-refractivity contribution < 1.29 is 14.7 Å². The predicted molar refractivity (Wildman–Crippen MR) is 76.7 cm³/mol. The molecule has 2 N–H and O–H groups in total. The maximum Gasteiger partial charge on any atom is 0.317 e. The van der Waals surface area contributed by atoms with Crippen LogP contribution in [0.3, 0.4) is 0 Å². The summed E-state index contributed by atoms with van der Waals surface area (Å²) >= 11 is 0. The Morgan fingerprint density at radius 2 is 2.24 bits per heavy atom. The summed E-state index contributed by atoms with van der Waals surface area (Å²) in [6, 6.07) is -0.243. The number of rotatable bonds is 4. The Kier molecular flexibility index (Phi) is 4.82. The quantitative estimate of drug-likeness (QED) is 0.868. The fourth-order valence-corrected chi connectivity index (χ4v) is 2.75. The molecule has 1 saturated heterocycles. The summed E-state index contributed by atoms with van der Waals surface area (Å²) in [5, 5.41) is 12.1.